The quantitative estimate of drug-likeness (QED) is 0.508. The largest absolute Gasteiger partial charge is 0.496 e. The lowest BCUT2D eigenvalue weighted by atomic mass is 10.2. The maximum atomic E-state index is 5.14. The first-order chi connectivity index (χ1) is 8.17. The van der Waals surface area contributed by atoms with Crippen LogP contribution in [0.4, 0.5) is 0 Å². The minimum atomic E-state index is 0.510. The molecule has 92 valence electrons. The van der Waals surface area contributed by atoms with Gasteiger partial charge < -0.3 is 10.1 Å². The van der Waals surface area contributed by atoms with Crippen LogP contribution in [0.5, 0.6) is 5.75 Å². The SMILES string of the molecule is CCNC(=S)N/N=C/c1ccc(OC)c(Br)c1. The van der Waals surface area contributed by atoms with E-state index in [0.717, 1.165) is 22.3 Å². The Morgan fingerprint density at radius 2 is 2.35 bits per heavy atom. The molecule has 0 bridgehead atoms. The van der Waals surface area contributed by atoms with E-state index in [1.54, 1.807) is 13.3 Å². The lowest BCUT2D eigenvalue weighted by Gasteiger charge is -2.04. The molecule has 0 aliphatic rings. The van der Waals surface area contributed by atoms with Crippen LogP contribution in [0.15, 0.2) is 27.8 Å². The number of hydrogen-bond donors (Lipinski definition) is 2. The molecule has 0 unspecified atom stereocenters. The van der Waals surface area contributed by atoms with Gasteiger partial charge in [0.05, 0.1) is 17.8 Å². The van der Waals surface area contributed by atoms with Crippen LogP contribution in [0.1, 0.15) is 12.5 Å². The van der Waals surface area contributed by atoms with Crippen LogP contribution >= 0.6 is 28.1 Å². The van der Waals surface area contributed by atoms with Crippen molar-refractivity contribution >= 4 is 39.5 Å². The standard InChI is InChI=1S/C11H14BrN3OS/c1-3-13-11(17)15-14-7-8-4-5-10(16-2)9(12)6-8/h4-7H,3H2,1-2H3,(H2,13,15,17)/b14-7+. The first-order valence-electron chi connectivity index (χ1n) is 5.07. The molecule has 4 nitrogen and oxygen atoms in total. The fourth-order valence-electron chi connectivity index (χ4n) is 1.13. The van der Waals surface area contributed by atoms with Gasteiger partial charge in [-0.25, -0.2) is 0 Å². The highest BCUT2D eigenvalue weighted by atomic mass is 79.9. The lowest BCUT2D eigenvalue weighted by molar-refractivity contribution is 0.412. The molecule has 0 fully saturated rings. The van der Waals surface area contributed by atoms with E-state index in [4.69, 9.17) is 17.0 Å². The Hall–Kier alpha value is -1.14. The Labute approximate surface area is 115 Å². The van der Waals surface area contributed by atoms with E-state index in [2.05, 4.69) is 31.8 Å². The van der Waals surface area contributed by atoms with Crippen molar-refractivity contribution < 1.29 is 4.74 Å². The monoisotopic (exact) mass is 315 g/mol. The molecule has 0 aromatic heterocycles. The van der Waals surface area contributed by atoms with Gasteiger partial charge in [-0.1, -0.05) is 0 Å². The number of hydrazone groups is 1. The normalized spacial score (nSPS) is 10.3. The van der Waals surface area contributed by atoms with Crippen molar-refractivity contribution in [1.82, 2.24) is 10.7 Å². The number of ether oxygens (including phenoxy) is 1. The second kappa shape index (κ2) is 7.24. The fraction of sp³-hybridized carbons (Fsp3) is 0.273. The van der Waals surface area contributed by atoms with Crippen LogP contribution in [-0.4, -0.2) is 25.0 Å². The summed E-state index contributed by atoms with van der Waals surface area (Å²) in [4.78, 5) is 0. The first kappa shape index (κ1) is 13.9. The van der Waals surface area contributed by atoms with Gasteiger partial charge >= 0.3 is 0 Å². The molecule has 1 aromatic carbocycles. The molecule has 6 heteroatoms. The van der Waals surface area contributed by atoms with Crippen molar-refractivity contribution in [2.45, 2.75) is 6.92 Å². The molecule has 1 rings (SSSR count). The van der Waals surface area contributed by atoms with Crippen LogP contribution in [0.2, 0.25) is 0 Å². The summed E-state index contributed by atoms with van der Waals surface area (Å²) < 4.78 is 6.02. The molecule has 1 aromatic rings. The molecule has 0 saturated carbocycles. The Bertz CT molecular complexity index is 423. The van der Waals surface area contributed by atoms with Crippen LogP contribution < -0.4 is 15.5 Å². The minimum absolute atomic E-state index is 0.510. The van der Waals surface area contributed by atoms with Crippen LogP contribution in [-0.2, 0) is 0 Å². The molecule has 0 amide bonds. The maximum Gasteiger partial charge on any atom is 0.186 e. The zero-order chi connectivity index (χ0) is 12.7. The molecule has 0 aliphatic carbocycles. The number of halogens is 1. The third kappa shape index (κ3) is 4.70. The average molecular weight is 316 g/mol. The van der Waals surface area contributed by atoms with E-state index in [1.165, 1.54) is 0 Å². The van der Waals surface area contributed by atoms with Gasteiger partial charge in [0, 0.05) is 6.54 Å². The number of methoxy groups -OCH3 is 1. The molecular formula is C11H14BrN3OS. The van der Waals surface area contributed by atoms with Crippen LogP contribution in [0.3, 0.4) is 0 Å². The number of hydrogen-bond acceptors (Lipinski definition) is 3. The van der Waals surface area contributed by atoms with Crippen molar-refractivity contribution in [3.63, 3.8) is 0 Å². The summed E-state index contributed by atoms with van der Waals surface area (Å²) in [6.07, 6.45) is 1.69. The summed E-state index contributed by atoms with van der Waals surface area (Å²) in [5.41, 5.74) is 3.67. The van der Waals surface area contributed by atoms with Gasteiger partial charge in [-0.05, 0) is 58.8 Å². The van der Waals surface area contributed by atoms with Crippen molar-refractivity contribution in [1.29, 1.82) is 0 Å². The van der Waals surface area contributed by atoms with E-state index >= 15 is 0 Å². The zero-order valence-corrected chi connectivity index (χ0v) is 12.1. The highest BCUT2D eigenvalue weighted by Crippen LogP contribution is 2.24. The molecule has 0 atom stereocenters. The van der Waals surface area contributed by atoms with E-state index in [-0.39, 0.29) is 0 Å². The van der Waals surface area contributed by atoms with Gasteiger partial charge in [-0.3, -0.25) is 5.43 Å². The highest BCUT2D eigenvalue weighted by molar-refractivity contribution is 9.10. The van der Waals surface area contributed by atoms with Crippen molar-refractivity contribution in [3.8, 4) is 5.75 Å². The van der Waals surface area contributed by atoms with Crippen molar-refractivity contribution in [2.75, 3.05) is 13.7 Å². The van der Waals surface area contributed by atoms with E-state index in [0.29, 0.717) is 5.11 Å². The third-order valence-corrected chi connectivity index (χ3v) is 2.75. The highest BCUT2D eigenvalue weighted by Gasteiger charge is 1.99. The van der Waals surface area contributed by atoms with E-state index in [9.17, 15) is 0 Å². The molecule has 0 saturated heterocycles. The Morgan fingerprint density at radius 1 is 1.59 bits per heavy atom. The third-order valence-electron chi connectivity index (χ3n) is 1.89. The van der Waals surface area contributed by atoms with Gasteiger partial charge in [0.15, 0.2) is 5.11 Å². The Balaban J connectivity index is 2.60. The Kier molecular flexibility index (Phi) is 5.93. The number of nitrogens with zero attached hydrogens (tertiary/aromatic N) is 1. The van der Waals surface area contributed by atoms with E-state index < -0.39 is 0 Å². The topological polar surface area (TPSA) is 45.7 Å². The summed E-state index contributed by atoms with van der Waals surface area (Å²) in [5, 5.41) is 7.47. The van der Waals surface area contributed by atoms with Crippen LogP contribution in [0.25, 0.3) is 0 Å². The molecule has 0 heterocycles. The fourth-order valence-corrected chi connectivity index (χ4v) is 1.88. The van der Waals surface area contributed by atoms with Gasteiger partial charge in [0.25, 0.3) is 0 Å². The predicted octanol–water partition coefficient (Wildman–Crippen LogP) is 2.28. The van der Waals surface area contributed by atoms with Gasteiger partial charge in [0.1, 0.15) is 5.75 Å². The molecule has 0 radical (unpaired) electrons. The van der Waals surface area contributed by atoms with Gasteiger partial charge in [0.2, 0.25) is 0 Å². The predicted molar refractivity (Wildman–Crippen MR) is 77.7 cm³/mol. The number of nitrogens with one attached hydrogen (secondary N) is 2. The smallest absolute Gasteiger partial charge is 0.186 e. The van der Waals surface area contributed by atoms with Gasteiger partial charge in [-0.2, -0.15) is 5.10 Å². The molecule has 2 N–H and O–H groups in total. The summed E-state index contributed by atoms with van der Waals surface area (Å²) in [6.45, 7) is 2.74. The molecule has 0 aliphatic heterocycles. The van der Waals surface area contributed by atoms with E-state index in [1.807, 2.05) is 25.1 Å². The Morgan fingerprint density at radius 3 is 2.94 bits per heavy atom. The molecule has 17 heavy (non-hydrogen) atoms. The molecule has 0 spiro atoms. The number of benzene rings is 1. The lowest BCUT2D eigenvalue weighted by Crippen LogP contribution is -2.31. The maximum absolute atomic E-state index is 5.14. The van der Waals surface area contributed by atoms with Crippen molar-refractivity contribution in [2.24, 2.45) is 5.10 Å². The first-order valence-corrected chi connectivity index (χ1v) is 6.28. The van der Waals surface area contributed by atoms with Gasteiger partial charge in [-0.15, -0.1) is 0 Å². The second-order valence-corrected chi connectivity index (χ2v) is 4.39. The summed E-state index contributed by atoms with van der Waals surface area (Å²) in [6, 6.07) is 5.69. The molecular weight excluding hydrogens is 302 g/mol. The second-order valence-electron chi connectivity index (χ2n) is 3.12. The minimum Gasteiger partial charge on any atom is -0.496 e. The zero-order valence-electron chi connectivity index (χ0n) is 9.66. The van der Waals surface area contributed by atoms with Crippen molar-refractivity contribution in [3.05, 3.63) is 28.2 Å². The summed E-state index contributed by atoms with van der Waals surface area (Å²) in [7, 11) is 1.63. The number of thiocarbonyl (C=S) groups is 1. The summed E-state index contributed by atoms with van der Waals surface area (Å²) in [5.74, 6) is 0.790. The van der Waals surface area contributed by atoms with Crippen LogP contribution in [0, 0.1) is 0 Å². The number of rotatable bonds is 4. The average Bonchev–Trinajstić information content (AvgIpc) is 2.29. The summed E-state index contributed by atoms with van der Waals surface area (Å²) >= 11 is 8.38.